The van der Waals surface area contributed by atoms with Gasteiger partial charge in [0.25, 0.3) is 0 Å². The molecular formula is C8H15NO4. The fourth-order valence-corrected chi connectivity index (χ4v) is 0.347. The van der Waals surface area contributed by atoms with E-state index >= 15 is 0 Å². The lowest BCUT2D eigenvalue weighted by atomic mass is 10.3. The number of nitrogens with two attached hydrogens (primary N) is 1. The van der Waals surface area contributed by atoms with E-state index in [1.807, 2.05) is 0 Å². The Kier molecular flexibility index (Phi) is 11.6. The number of carbonyl (C=O) groups is 2. The Morgan fingerprint density at radius 1 is 1.23 bits per heavy atom. The SMILES string of the molecule is CCCCN.O=C(O)/C=C\C(=O)O. The van der Waals surface area contributed by atoms with Crippen LogP contribution in [0.15, 0.2) is 12.2 Å². The van der Waals surface area contributed by atoms with Gasteiger partial charge in [-0.15, -0.1) is 0 Å². The molecule has 0 aliphatic heterocycles. The quantitative estimate of drug-likeness (QED) is 0.557. The van der Waals surface area contributed by atoms with Crippen LogP contribution in [0.25, 0.3) is 0 Å². The summed E-state index contributed by atoms with van der Waals surface area (Å²) in [6, 6.07) is 0. The van der Waals surface area contributed by atoms with E-state index in [4.69, 9.17) is 15.9 Å². The molecule has 0 aromatic heterocycles. The molecule has 4 N–H and O–H groups in total. The molecule has 0 unspecified atom stereocenters. The van der Waals surface area contributed by atoms with Crippen molar-refractivity contribution >= 4 is 11.9 Å². The lowest BCUT2D eigenvalue weighted by molar-refractivity contribution is -0.134. The Balaban J connectivity index is 0. The van der Waals surface area contributed by atoms with Gasteiger partial charge in [-0.1, -0.05) is 13.3 Å². The molecule has 0 atom stereocenters. The molecule has 76 valence electrons. The lowest BCUT2D eigenvalue weighted by Gasteiger charge is -1.80. The molecule has 0 amide bonds. The third-order valence-electron chi connectivity index (χ3n) is 0.926. The summed E-state index contributed by atoms with van der Waals surface area (Å²) < 4.78 is 0. The van der Waals surface area contributed by atoms with Gasteiger partial charge in [-0.2, -0.15) is 0 Å². The maximum atomic E-state index is 9.55. The maximum Gasteiger partial charge on any atom is 0.328 e. The van der Waals surface area contributed by atoms with Crippen LogP contribution < -0.4 is 5.73 Å². The van der Waals surface area contributed by atoms with E-state index < -0.39 is 11.9 Å². The van der Waals surface area contributed by atoms with Gasteiger partial charge < -0.3 is 15.9 Å². The van der Waals surface area contributed by atoms with Gasteiger partial charge in [-0.25, -0.2) is 9.59 Å². The van der Waals surface area contributed by atoms with E-state index in [0.29, 0.717) is 12.2 Å². The Labute approximate surface area is 76.9 Å². The molecule has 0 saturated heterocycles. The number of unbranched alkanes of at least 4 members (excludes halogenated alkanes) is 1. The van der Waals surface area contributed by atoms with Crippen LogP contribution in [0, 0.1) is 0 Å². The molecular weight excluding hydrogens is 174 g/mol. The van der Waals surface area contributed by atoms with Crippen molar-refractivity contribution in [3.05, 3.63) is 12.2 Å². The minimum Gasteiger partial charge on any atom is -0.478 e. The fourth-order valence-electron chi connectivity index (χ4n) is 0.347. The van der Waals surface area contributed by atoms with Crippen LogP contribution in [0.1, 0.15) is 19.8 Å². The molecule has 0 saturated carbocycles. The van der Waals surface area contributed by atoms with Gasteiger partial charge in [0.1, 0.15) is 0 Å². The molecule has 0 rings (SSSR count). The molecule has 0 aromatic rings. The van der Waals surface area contributed by atoms with Crippen molar-refractivity contribution in [2.75, 3.05) is 6.54 Å². The van der Waals surface area contributed by atoms with Crippen molar-refractivity contribution in [3.63, 3.8) is 0 Å². The van der Waals surface area contributed by atoms with Crippen molar-refractivity contribution in [1.82, 2.24) is 0 Å². The van der Waals surface area contributed by atoms with Crippen LogP contribution in [0.3, 0.4) is 0 Å². The van der Waals surface area contributed by atoms with Crippen molar-refractivity contribution in [2.45, 2.75) is 19.8 Å². The summed E-state index contributed by atoms with van der Waals surface area (Å²) >= 11 is 0. The van der Waals surface area contributed by atoms with Crippen molar-refractivity contribution in [2.24, 2.45) is 5.73 Å². The van der Waals surface area contributed by atoms with Gasteiger partial charge in [-0.3, -0.25) is 0 Å². The smallest absolute Gasteiger partial charge is 0.328 e. The third-order valence-corrected chi connectivity index (χ3v) is 0.926. The number of hydrogen-bond acceptors (Lipinski definition) is 3. The van der Waals surface area contributed by atoms with E-state index in [9.17, 15) is 9.59 Å². The second-order valence-corrected chi connectivity index (χ2v) is 2.15. The highest BCUT2D eigenvalue weighted by molar-refractivity contribution is 5.89. The van der Waals surface area contributed by atoms with E-state index in [2.05, 4.69) is 6.92 Å². The van der Waals surface area contributed by atoms with Gasteiger partial charge in [0.15, 0.2) is 0 Å². The van der Waals surface area contributed by atoms with Crippen LogP contribution in [0.5, 0.6) is 0 Å². The highest BCUT2D eigenvalue weighted by atomic mass is 16.4. The van der Waals surface area contributed by atoms with Crippen LogP contribution in [-0.4, -0.2) is 28.7 Å². The topological polar surface area (TPSA) is 101 Å². The van der Waals surface area contributed by atoms with Crippen LogP contribution in [-0.2, 0) is 9.59 Å². The Hall–Kier alpha value is -1.36. The predicted octanol–water partition coefficient (Wildman–Crippen LogP) is 0.457. The molecule has 0 aliphatic carbocycles. The zero-order chi connectivity index (χ0) is 10.7. The summed E-state index contributed by atoms with van der Waals surface area (Å²) in [4.78, 5) is 19.1. The number of carboxylic acid groups (broad SMARTS) is 2. The van der Waals surface area contributed by atoms with Crippen molar-refractivity contribution < 1.29 is 19.8 Å². The number of carboxylic acids is 2. The number of rotatable bonds is 4. The zero-order valence-electron chi connectivity index (χ0n) is 7.56. The highest BCUT2D eigenvalue weighted by Gasteiger charge is 1.88. The van der Waals surface area contributed by atoms with Crippen LogP contribution in [0.4, 0.5) is 0 Å². The normalized spacial score (nSPS) is 9.08. The number of hydrogen-bond donors (Lipinski definition) is 3. The highest BCUT2D eigenvalue weighted by Crippen LogP contribution is 1.77. The first-order valence-electron chi connectivity index (χ1n) is 3.88. The first kappa shape index (κ1) is 14.2. The molecule has 0 heterocycles. The standard InChI is InChI=1S/C4H11N.C4H4O4/c1-2-3-4-5;5-3(6)1-2-4(7)8/h2-5H2,1H3;1-2H,(H,5,6)(H,7,8)/b;2-1-. The van der Waals surface area contributed by atoms with Gasteiger partial charge >= 0.3 is 11.9 Å². The molecule has 0 bridgehead atoms. The summed E-state index contributed by atoms with van der Waals surface area (Å²) in [7, 11) is 0. The maximum absolute atomic E-state index is 9.55. The lowest BCUT2D eigenvalue weighted by Crippen LogP contribution is -1.95. The van der Waals surface area contributed by atoms with Crippen molar-refractivity contribution in [3.8, 4) is 0 Å². The summed E-state index contributed by atoms with van der Waals surface area (Å²) in [5.41, 5.74) is 5.14. The summed E-state index contributed by atoms with van der Waals surface area (Å²) in [6.07, 6.45) is 3.50. The second kappa shape index (κ2) is 10.6. The summed E-state index contributed by atoms with van der Waals surface area (Å²) in [5, 5.41) is 15.6. The molecule has 0 radical (unpaired) electrons. The first-order valence-corrected chi connectivity index (χ1v) is 3.88. The summed E-state index contributed by atoms with van der Waals surface area (Å²) in [5.74, 6) is -2.51. The molecule has 13 heavy (non-hydrogen) atoms. The summed E-state index contributed by atoms with van der Waals surface area (Å²) in [6.45, 7) is 2.98. The van der Waals surface area contributed by atoms with Crippen molar-refractivity contribution in [1.29, 1.82) is 0 Å². The minimum atomic E-state index is -1.26. The van der Waals surface area contributed by atoms with Crippen LogP contribution in [0.2, 0.25) is 0 Å². The van der Waals surface area contributed by atoms with E-state index in [1.54, 1.807) is 0 Å². The molecule has 0 aliphatic rings. The van der Waals surface area contributed by atoms with Crippen LogP contribution >= 0.6 is 0 Å². The second-order valence-electron chi connectivity index (χ2n) is 2.15. The molecule has 0 aromatic carbocycles. The van der Waals surface area contributed by atoms with E-state index in [0.717, 1.165) is 6.54 Å². The van der Waals surface area contributed by atoms with Gasteiger partial charge in [0.2, 0.25) is 0 Å². The zero-order valence-corrected chi connectivity index (χ0v) is 7.56. The Morgan fingerprint density at radius 2 is 1.62 bits per heavy atom. The molecule has 0 spiro atoms. The monoisotopic (exact) mass is 189 g/mol. The average molecular weight is 189 g/mol. The van der Waals surface area contributed by atoms with E-state index in [1.165, 1.54) is 12.8 Å². The Morgan fingerprint density at radius 3 is 1.69 bits per heavy atom. The molecule has 5 heteroatoms. The third kappa shape index (κ3) is 25.0. The Bertz CT molecular complexity index is 159. The van der Waals surface area contributed by atoms with E-state index in [-0.39, 0.29) is 0 Å². The van der Waals surface area contributed by atoms with Gasteiger partial charge in [0, 0.05) is 12.2 Å². The molecule has 0 fully saturated rings. The predicted molar refractivity (Wildman–Crippen MR) is 48.4 cm³/mol. The van der Waals surface area contributed by atoms with Gasteiger partial charge in [0.05, 0.1) is 0 Å². The average Bonchev–Trinajstić information content (AvgIpc) is 2.03. The minimum absolute atomic E-state index is 0.558. The van der Waals surface area contributed by atoms with Gasteiger partial charge in [-0.05, 0) is 13.0 Å². The fraction of sp³-hybridized carbons (Fsp3) is 0.500. The first-order chi connectivity index (χ1) is 6.04. The number of aliphatic carboxylic acids is 2. The molecule has 5 nitrogen and oxygen atoms in total. The largest absolute Gasteiger partial charge is 0.478 e.